The molecule has 14 nitrogen and oxygen atoms in total. The molecule has 0 spiro atoms. The highest BCUT2D eigenvalue weighted by Gasteiger charge is 2.44. The van der Waals surface area contributed by atoms with Crippen LogP contribution in [0.4, 0.5) is 23.3 Å². The number of halogens is 1. The van der Waals surface area contributed by atoms with Crippen LogP contribution in [0.5, 0.6) is 0 Å². The summed E-state index contributed by atoms with van der Waals surface area (Å²) in [5, 5.41) is 8.14. The molecule has 2 aliphatic carbocycles. The summed E-state index contributed by atoms with van der Waals surface area (Å²) in [7, 11) is -7.97. The summed E-state index contributed by atoms with van der Waals surface area (Å²) in [6.45, 7) is 0. The van der Waals surface area contributed by atoms with Crippen LogP contribution >= 0.6 is 11.6 Å². The van der Waals surface area contributed by atoms with Crippen LogP contribution in [0, 0.1) is 17.8 Å². The van der Waals surface area contributed by atoms with Crippen LogP contribution in [-0.4, -0.2) is 42.9 Å². The molecule has 7 rings (SSSR count). The lowest BCUT2D eigenvalue weighted by Gasteiger charge is -2.35. The summed E-state index contributed by atoms with van der Waals surface area (Å²) in [6.07, 6.45) is 5.84. The largest absolute Gasteiger partial charge is 0.382 e. The summed E-state index contributed by atoms with van der Waals surface area (Å²) in [6, 6.07) is 11.8. The Kier molecular flexibility index (Phi) is 7.13. The molecule has 0 amide bonds. The highest BCUT2D eigenvalue weighted by Crippen LogP contribution is 2.46. The van der Waals surface area contributed by atoms with Gasteiger partial charge in [-0.05, 0) is 36.8 Å². The van der Waals surface area contributed by atoms with E-state index in [0.29, 0.717) is 34.4 Å². The zero-order chi connectivity index (χ0) is 30.7. The Morgan fingerprint density at radius 2 is 1.67 bits per heavy atom. The molecule has 224 valence electrons. The summed E-state index contributed by atoms with van der Waals surface area (Å²) in [5.41, 5.74) is 19.6. The summed E-state index contributed by atoms with van der Waals surface area (Å²) >= 11 is 5.98. The van der Waals surface area contributed by atoms with Crippen LogP contribution in [0.15, 0.2) is 64.4 Å². The number of aromatic nitrogens is 4. The predicted octanol–water partition coefficient (Wildman–Crippen LogP) is 2.06. The van der Waals surface area contributed by atoms with E-state index in [4.69, 9.17) is 33.9 Å². The Morgan fingerprint density at radius 1 is 0.930 bits per heavy atom. The van der Waals surface area contributed by atoms with Crippen LogP contribution in [0.25, 0.3) is 22.4 Å². The topological polar surface area (TPSA) is 248 Å². The van der Waals surface area contributed by atoms with Crippen molar-refractivity contribution in [1.29, 1.82) is 0 Å². The lowest BCUT2D eigenvalue weighted by Crippen LogP contribution is -2.50. The number of primary sulfonamides is 1. The van der Waals surface area contributed by atoms with Gasteiger partial charge in [0, 0.05) is 11.5 Å². The van der Waals surface area contributed by atoms with Crippen molar-refractivity contribution in [3.63, 3.8) is 0 Å². The number of nitrogen functional groups attached to an aromatic ring is 3. The fraction of sp³-hybridized carbons (Fsp3) is 0.231. The highest BCUT2D eigenvalue weighted by atomic mass is 35.5. The lowest BCUT2D eigenvalue weighted by molar-refractivity contribution is 0.363. The number of nitrogens with two attached hydrogens (primary N) is 4. The predicted molar refractivity (Wildman–Crippen MR) is 163 cm³/mol. The second-order valence-corrected chi connectivity index (χ2v) is 14.1. The molecule has 10 N–H and O–H groups in total. The Hall–Kier alpha value is -4.09. The van der Waals surface area contributed by atoms with Gasteiger partial charge in [0.2, 0.25) is 26.0 Å². The molecule has 17 heteroatoms. The third-order valence-corrected chi connectivity index (χ3v) is 10.5. The van der Waals surface area contributed by atoms with E-state index in [1.807, 2.05) is 30.3 Å². The number of hydrogen-bond acceptors (Lipinski definition) is 12. The zero-order valence-electron chi connectivity index (χ0n) is 22.3. The molecule has 2 bridgehead atoms. The SMILES string of the molecule is NS(=O)(=O)c1cc2c(cc1Cl)NC(C1CC3C=CC1C3)NS2(=O)=O.Nc1nc(N)c2nc(-c3ccccc3)c(N)nc2n1. The zero-order valence-corrected chi connectivity index (χ0v) is 24.7. The van der Waals surface area contributed by atoms with Crippen molar-refractivity contribution in [2.75, 3.05) is 22.5 Å². The van der Waals surface area contributed by atoms with E-state index in [2.05, 4.69) is 42.1 Å². The number of allylic oxidation sites excluding steroid dienone is 2. The number of benzene rings is 2. The minimum Gasteiger partial charge on any atom is -0.382 e. The van der Waals surface area contributed by atoms with E-state index in [1.54, 1.807) is 0 Å². The van der Waals surface area contributed by atoms with Gasteiger partial charge < -0.3 is 22.5 Å². The van der Waals surface area contributed by atoms with E-state index in [9.17, 15) is 16.8 Å². The van der Waals surface area contributed by atoms with E-state index < -0.39 is 31.1 Å². The van der Waals surface area contributed by atoms with Gasteiger partial charge in [-0.25, -0.2) is 31.9 Å². The molecule has 4 unspecified atom stereocenters. The Morgan fingerprint density at radius 3 is 2.33 bits per heavy atom. The molecule has 4 aromatic rings. The molecule has 1 aliphatic heterocycles. The average Bonchev–Trinajstić information content (AvgIpc) is 3.56. The molecule has 0 radical (unpaired) electrons. The minimum atomic E-state index is -4.11. The van der Waals surface area contributed by atoms with Crippen LogP contribution in [-0.2, 0) is 20.0 Å². The van der Waals surface area contributed by atoms with E-state index in [0.717, 1.165) is 24.5 Å². The van der Waals surface area contributed by atoms with Gasteiger partial charge in [0.05, 0.1) is 16.9 Å². The first kappa shape index (κ1) is 29.0. The Bertz CT molecular complexity index is 2010. The average molecular weight is 643 g/mol. The number of sulfonamides is 2. The normalized spacial score (nSPS) is 23.3. The van der Waals surface area contributed by atoms with Gasteiger partial charge in [-0.15, -0.1) is 0 Å². The summed E-state index contributed by atoms with van der Waals surface area (Å²) < 4.78 is 50.9. The van der Waals surface area contributed by atoms with Crippen molar-refractivity contribution in [2.24, 2.45) is 22.9 Å². The number of anilines is 4. The minimum absolute atomic E-state index is 0.0474. The van der Waals surface area contributed by atoms with Crippen LogP contribution in [0.1, 0.15) is 12.8 Å². The molecule has 1 saturated carbocycles. The lowest BCUT2D eigenvalue weighted by atomic mass is 9.91. The van der Waals surface area contributed by atoms with Crippen LogP contribution < -0.4 is 32.4 Å². The number of hydrogen-bond donors (Lipinski definition) is 6. The van der Waals surface area contributed by atoms with E-state index in [-0.39, 0.29) is 33.4 Å². The number of nitrogens with one attached hydrogen (secondary N) is 2. The molecule has 3 aliphatic rings. The Labute approximate surface area is 252 Å². The molecular weight excluding hydrogens is 616 g/mol. The second kappa shape index (κ2) is 10.6. The number of nitrogens with zero attached hydrogens (tertiary/aromatic N) is 4. The van der Waals surface area contributed by atoms with Gasteiger partial charge in [-0.3, -0.25) is 0 Å². The fourth-order valence-corrected chi connectivity index (χ4v) is 8.27. The maximum atomic E-state index is 12.6. The van der Waals surface area contributed by atoms with Crippen molar-refractivity contribution in [3.05, 3.63) is 59.6 Å². The molecule has 3 heterocycles. The molecule has 2 aromatic heterocycles. The van der Waals surface area contributed by atoms with Crippen LogP contribution in [0.2, 0.25) is 5.02 Å². The van der Waals surface area contributed by atoms with Crippen LogP contribution in [0.3, 0.4) is 0 Å². The molecule has 43 heavy (non-hydrogen) atoms. The summed E-state index contributed by atoms with van der Waals surface area (Å²) in [5.74, 6) is 1.51. The Balaban J connectivity index is 0.000000157. The standard InChI is InChI=1S/C14H16ClN3O4S2.C12H11N7/c15-10-5-11-13(6-12(10)23(16,19)20)24(21,22)18-14(17-11)9-4-7-1-2-8(9)3-7;13-9-7(6-4-2-1-3-5-6)16-8-10(14)18-12(15)19-11(8)17-9/h1-2,5-9,14,17-18H,3-4H2,(H2,16,19,20);1-5H,(H6,13,14,15,17,18,19). The first-order valence-electron chi connectivity index (χ1n) is 13.1. The van der Waals surface area contributed by atoms with Gasteiger partial charge in [0.15, 0.2) is 22.8 Å². The van der Waals surface area contributed by atoms with Gasteiger partial charge in [-0.1, -0.05) is 54.1 Å². The fourth-order valence-electron chi connectivity index (χ4n) is 5.72. The smallest absolute Gasteiger partial charge is 0.244 e. The second-order valence-electron chi connectivity index (χ2n) is 10.5. The van der Waals surface area contributed by atoms with Gasteiger partial charge in [-0.2, -0.15) is 14.7 Å². The van der Waals surface area contributed by atoms with Gasteiger partial charge in [0.25, 0.3) is 0 Å². The van der Waals surface area contributed by atoms with E-state index in [1.165, 1.54) is 6.07 Å². The third-order valence-electron chi connectivity index (χ3n) is 7.63. The van der Waals surface area contributed by atoms with Crippen molar-refractivity contribution < 1.29 is 16.8 Å². The molecule has 2 aromatic carbocycles. The first-order valence-corrected chi connectivity index (χ1v) is 16.5. The first-order chi connectivity index (χ1) is 20.3. The van der Waals surface area contributed by atoms with Crippen molar-refractivity contribution in [1.82, 2.24) is 24.7 Å². The number of rotatable bonds is 3. The maximum absolute atomic E-state index is 12.6. The number of fused-ring (bicyclic) bond motifs is 4. The van der Waals surface area contributed by atoms with Crippen molar-refractivity contribution in [3.8, 4) is 11.3 Å². The van der Waals surface area contributed by atoms with Gasteiger partial charge >= 0.3 is 0 Å². The molecule has 1 fully saturated rings. The van der Waals surface area contributed by atoms with E-state index >= 15 is 0 Å². The molecule has 0 saturated heterocycles. The highest BCUT2D eigenvalue weighted by molar-refractivity contribution is 7.90. The summed E-state index contributed by atoms with van der Waals surface area (Å²) in [4.78, 5) is 15.8. The van der Waals surface area contributed by atoms with Crippen molar-refractivity contribution in [2.45, 2.75) is 28.8 Å². The molecular formula is C26H27ClN10O4S2. The monoisotopic (exact) mass is 642 g/mol. The maximum Gasteiger partial charge on any atom is 0.244 e. The molecule has 4 atom stereocenters. The van der Waals surface area contributed by atoms with Crippen molar-refractivity contribution >= 4 is 66.1 Å². The van der Waals surface area contributed by atoms with Gasteiger partial charge in [0.1, 0.15) is 15.5 Å². The quantitative estimate of drug-likeness (QED) is 0.176. The third kappa shape index (κ3) is 5.54.